The van der Waals surface area contributed by atoms with E-state index in [9.17, 15) is 9.59 Å². The lowest BCUT2D eigenvalue weighted by molar-refractivity contribution is -0.116. The summed E-state index contributed by atoms with van der Waals surface area (Å²) in [6, 6.07) is 11.3. The fourth-order valence-electron chi connectivity index (χ4n) is 3.58. The monoisotopic (exact) mass is 365 g/mol. The Bertz CT molecular complexity index is 875. The van der Waals surface area contributed by atoms with Gasteiger partial charge in [0.25, 0.3) is 0 Å². The van der Waals surface area contributed by atoms with E-state index in [4.69, 9.17) is 9.47 Å². The van der Waals surface area contributed by atoms with E-state index in [1.807, 2.05) is 18.2 Å². The highest BCUT2D eigenvalue weighted by molar-refractivity contribution is 6.00. The number of carbonyl (C=O) groups excluding carboxylic acids is 2. The molecule has 2 aromatic rings. The molecule has 1 aliphatic carbocycles. The van der Waals surface area contributed by atoms with Gasteiger partial charge >= 0.3 is 0 Å². The van der Waals surface area contributed by atoms with Gasteiger partial charge in [0.05, 0.1) is 13.2 Å². The van der Waals surface area contributed by atoms with Crippen molar-refractivity contribution in [2.24, 2.45) is 0 Å². The molecule has 1 heterocycles. The van der Waals surface area contributed by atoms with E-state index in [2.05, 4.69) is 5.32 Å². The zero-order valence-electron chi connectivity index (χ0n) is 15.3. The van der Waals surface area contributed by atoms with Crippen LogP contribution in [0.4, 0.5) is 5.69 Å². The fraction of sp³-hybridized carbons (Fsp3) is 0.364. The summed E-state index contributed by atoms with van der Waals surface area (Å²) in [5.74, 6) is 1.16. The number of Topliss-reactive ketones (excluding diaryl/α,β-unsaturated/α-hetero) is 1. The Morgan fingerprint density at radius 1 is 0.852 bits per heavy atom. The number of benzene rings is 2. The van der Waals surface area contributed by atoms with Gasteiger partial charge in [0.2, 0.25) is 5.91 Å². The van der Waals surface area contributed by atoms with Crippen LogP contribution in [0, 0.1) is 0 Å². The van der Waals surface area contributed by atoms with Crippen LogP contribution in [0.1, 0.15) is 47.2 Å². The maximum absolute atomic E-state index is 12.4. The minimum absolute atomic E-state index is 0.0125. The molecule has 27 heavy (non-hydrogen) atoms. The molecule has 0 radical (unpaired) electrons. The molecule has 2 aromatic carbocycles. The first-order chi connectivity index (χ1) is 13.2. The van der Waals surface area contributed by atoms with Crippen molar-refractivity contribution in [2.75, 3.05) is 18.5 Å². The lowest BCUT2D eigenvalue weighted by atomic mass is 10.0. The van der Waals surface area contributed by atoms with Crippen molar-refractivity contribution >= 4 is 17.4 Å². The SMILES string of the molecule is O=C(CCC(=O)c1ccc2c(c1)CCC2)Nc1ccc2c(c1)OCCCO2. The number of hydrogen-bond acceptors (Lipinski definition) is 4. The van der Waals surface area contributed by atoms with Crippen LogP contribution in [0.3, 0.4) is 0 Å². The van der Waals surface area contributed by atoms with Crippen molar-refractivity contribution in [1.29, 1.82) is 0 Å². The quantitative estimate of drug-likeness (QED) is 0.815. The number of ketones is 1. The lowest BCUT2D eigenvalue weighted by Crippen LogP contribution is -2.13. The summed E-state index contributed by atoms with van der Waals surface area (Å²) in [4.78, 5) is 24.7. The van der Waals surface area contributed by atoms with Crippen LogP contribution < -0.4 is 14.8 Å². The van der Waals surface area contributed by atoms with Gasteiger partial charge in [0.15, 0.2) is 17.3 Å². The zero-order chi connectivity index (χ0) is 18.6. The Morgan fingerprint density at radius 3 is 2.56 bits per heavy atom. The second-order valence-electron chi connectivity index (χ2n) is 7.02. The van der Waals surface area contributed by atoms with Crippen LogP contribution in [-0.2, 0) is 17.6 Å². The fourth-order valence-corrected chi connectivity index (χ4v) is 3.58. The van der Waals surface area contributed by atoms with Gasteiger partial charge in [-0.3, -0.25) is 9.59 Å². The first-order valence-corrected chi connectivity index (χ1v) is 9.53. The first-order valence-electron chi connectivity index (χ1n) is 9.53. The summed E-state index contributed by atoms with van der Waals surface area (Å²) in [5, 5.41) is 2.83. The van der Waals surface area contributed by atoms with Gasteiger partial charge in [-0.1, -0.05) is 12.1 Å². The van der Waals surface area contributed by atoms with Gasteiger partial charge in [-0.15, -0.1) is 0 Å². The number of aryl methyl sites for hydroxylation is 2. The van der Waals surface area contributed by atoms with E-state index in [0.717, 1.165) is 25.7 Å². The molecule has 0 spiro atoms. The van der Waals surface area contributed by atoms with E-state index in [0.29, 0.717) is 36.0 Å². The standard InChI is InChI=1S/C22H23NO4/c24-19(17-6-5-15-3-1-4-16(15)13-17)8-10-22(25)23-18-7-9-20-21(14-18)27-12-2-11-26-20/h5-7,9,13-14H,1-4,8,10-12H2,(H,23,25). The smallest absolute Gasteiger partial charge is 0.224 e. The molecule has 5 nitrogen and oxygen atoms in total. The first kappa shape index (κ1) is 17.6. The molecular weight excluding hydrogens is 342 g/mol. The summed E-state index contributed by atoms with van der Waals surface area (Å²) < 4.78 is 11.2. The summed E-state index contributed by atoms with van der Waals surface area (Å²) in [5.41, 5.74) is 3.98. The molecule has 0 saturated carbocycles. The molecule has 2 aliphatic rings. The van der Waals surface area contributed by atoms with Gasteiger partial charge in [-0.2, -0.15) is 0 Å². The number of amides is 1. The maximum atomic E-state index is 12.4. The third-order valence-corrected chi connectivity index (χ3v) is 5.03. The maximum Gasteiger partial charge on any atom is 0.224 e. The highest BCUT2D eigenvalue weighted by Crippen LogP contribution is 2.32. The van der Waals surface area contributed by atoms with Crippen LogP contribution in [0.15, 0.2) is 36.4 Å². The molecule has 0 atom stereocenters. The number of fused-ring (bicyclic) bond motifs is 2. The minimum Gasteiger partial charge on any atom is -0.490 e. The Hall–Kier alpha value is -2.82. The van der Waals surface area contributed by atoms with Gasteiger partial charge < -0.3 is 14.8 Å². The van der Waals surface area contributed by atoms with Gasteiger partial charge in [0.1, 0.15) is 0 Å². The predicted octanol–water partition coefficient (Wildman–Crippen LogP) is 3.94. The highest BCUT2D eigenvalue weighted by Gasteiger charge is 2.16. The van der Waals surface area contributed by atoms with Crippen LogP contribution in [-0.4, -0.2) is 24.9 Å². The van der Waals surface area contributed by atoms with E-state index in [1.54, 1.807) is 18.2 Å². The van der Waals surface area contributed by atoms with E-state index in [-0.39, 0.29) is 24.5 Å². The second-order valence-corrected chi connectivity index (χ2v) is 7.02. The molecular formula is C22H23NO4. The molecule has 0 saturated heterocycles. The molecule has 140 valence electrons. The average molecular weight is 365 g/mol. The van der Waals surface area contributed by atoms with Crippen molar-refractivity contribution in [3.05, 3.63) is 53.1 Å². The van der Waals surface area contributed by atoms with Crippen molar-refractivity contribution in [1.82, 2.24) is 0 Å². The van der Waals surface area contributed by atoms with Crippen LogP contribution in [0.25, 0.3) is 0 Å². The molecule has 1 amide bonds. The van der Waals surface area contributed by atoms with Crippen molar-refractivity contribution in [3.8, 4) is 11.5 Å². The van der Waals surface area contributed by atoms with E-state index in [1.165, 1.54) is 11.1 Å². The van der Waals surface area contributed by atoms with Crippen molar-refractivity contribution < 1.29 is 19.1 Å². The molecule has 0 aromatic heterocycles. The molecule has 4 rings (SSSR count). The second kappa shape index (κ2) is 7.82. The highest BCUT2D eigenvalue weighted by atomic mass is 16.5. The number of nitrogens with one attached hydrogen (secondary N) is 1. The molecule has 0 bridgehead atoms. The summed E-state index contributed by atoms with van der Waals surface area (Å²) in [6.07, 6.45) is 4.49. The Labute approximate surface area is 158 Å². The van der Waals surface area contributed by atoms with E-state index < -0.39 is 0 Å². The summed E-state index contributed by atoms with van der Waals surface area (Å²) >= 11 is 0. The zero-order valence-corrected chi connectivity index (χ0v) is 15.3. The topological polar surface area (TPSA) is 64.6 Å². The lowest BCUT2D eigenvalue weighted by Gasteiger charge is -2.10. The number of anilines is 1. The Morgan fingerprint density at radius 2 is 1.67 bits per heavy atom. The third kappa shape index (κ3) is 4.13. The number of hydrogen-bond donors (Lipinski definition) is 1. The number of ether oxygens (including phenoxy) is 2. The number of rotatable bonds is 5. The summed E-state index contributed by atoms with van der Waals surface area (Å²) in [7, 11) is 0. The largest absolute Gasteiger partial charge is 0.490 e. The third-order valence-electron chi connectivity index (χ3n) is 5.03. The van der Waals surface area contributed by atoms with Crippen LogP contribution in [0.5, 0.6) is 11.5 Å². The van der Waals surface area contributed by atoms with Gasteiger partial charge in [0, 0.05) is 36.6 Å². The van der Waals surface area contributed by atoms with Crippen molar-refractivity contribution in [2.45, 2.75) is 38.5 Å². The van der Waals surface area contributed by atoms with Crippen LogP contribution >= 0.6 is 0 Å². The van der Waals surface area contributed by atoms with Gasteiger partial charge in [-0.25, -0.2) is 0 Å². The van der Waals surface area contributed by atoms with Crippen LogP contribution in [0.2, 0.25) is 0 Å². The Kier molecular flexibility index (Phi) is 5.10. The molecule has 0 fully saturated rings. The summed E-state index contributed by atoms with van der Waals surface area (Å²) in [6.45, 7) is 1.23. The predicted molar refractivity (Wildman–Crippen MR) is 103 cm³/mol. The minimum atomic E-state index is -0.181. The molecule has 1 N–H and O–H groups in total. The Balaban J connectivity index is 1.33. The van der Waals surface area contributed by atoms with Gasteiger partial charge in [-0.05, 0) is 48.6 Å². The molecule has 1 aliphatic heterocycles. The molecule has 5 heteroatoms. The average Bonchev–Trinajstić information content (AvgIpc) is 3.02. The number of carbonyl (C=O) groups is 2. The van der Waals surface area contributed by atoms with E-state index >= 15 is 0 Å². The molecule has 0 unspecified atom stereocenters. The normalized spacial score (nSPS) is 15.0. The van der Waals surface area contributed by atoms with Crippen molar-refractivity contribution in [3.63, 3.8) is 0 Å².